The number of methoxy groups -OCH3 is 1. The van der Waals surface area contributed by atoms with Gasteiger partial charge in [0.15, 0.2) is 0 Å². The Hall–Kier alpha value is -1.31. The highest BCUT2D eigenvalue weighted by molar-refractivity contribution is 14.1. The van der Waals surface area contributed by atoms with Crippen LogP contribution in [0.25, 0.3) is 11.0 Å². The Morgan fingerprint density at radius 3 is 2.85 bits per heavy atom. The Kier molecular flexibility index (Phi) is 3.82. The van der Waals surface area contributed by atoms with Crippen molar-refractivity contribution in [2.24, 2.45) is 0 Å². The minimum atomic E-state index is 0.476. The summed E-state index contributed by atoms with van der Waals surface area (Å²) in [6.45, 7) is 0. The van der Waals surface area contributed by atoms with Crippen LogP contribution in [0.15, 0.2) is 24.4 Å². The number of rotatable bonds is 2. The van der Waals surface area contributed by atoms with Crippen LogP contribution < -0.4 is 5.73 Å². The topological polar surface area (TPSA) is 66.0 Å². The summed E-state index contributed by atoms with van der Waals surface area (Å²) < 4.78 is 8.49. The number of hydrogen-bond acceptors (Lipinski definition) is 4. The summed E-state index contributed by atoms with van der Waals surface area (Å²) in [6.07, 6.45) is 9.95. The fraction of sp³-hybridized carbons (Fsp3) is 0.429. The number of nitrogen functional groups attached to an aromatic ring is 1. The zero-order valence-corrected chi connectivity index (χ0v) is 13.5. The predicted molar refractivity (Wildman–Crippen MR) is 87.3 cm³/mol. The van der Waals surface area contributed by atoms with Crippen LogP contribution in [0, 0.1) is 3.57 Å². The number of aromatic nitrogens is 3. The number of halogens is 1. The summed E-state index contributed by atoms with van der Waals surface area (Å²) >= 11 is 2.31. The Morgan fingerprint density at radius 1 is 1.40 bits per heavy atom. The van der Waals surface area contributed by atoms with Crippen LogP contribution in [-0.2, 0) is 4.74 Å². The molecule has 0 bridgehead atoms. The number of fused-ring (bicyclic) bond motifs is 1. The van der Waals surface area contributed by atoms with Crippen LogP contribution in [0.4, 0.5) is 5.82 Å². The van der Waals surface area contributed by atoms with Gasteiger partial charge < -0.3 is 15.0 Å². The van der Waals surface area contributed by atoms with E-state index in [2.05, 4.69) is 43.3 Å². The number of nitrogens with two attached hydrogens (primary N) is 1. The van der Waals surface area contributed by atoms with E-state index in [1.54, 1.807) is 13.4 Å². The third-order valence-electron chi connectivity index (χ3n) is 3.87. The molecule has 1 fully saturated rings. The summed E-state index contributed by atoms with van der Waals surface area (Å²) in [5.74, 6) is 0.564. The third kappa shape index (κ3) is 2.36. The van der Waals surface area contributed by atoms with Crippen LogP contribution >= 0.6 is 22.6 Å². The minimum Gasteiger partial charge on any atom is -0.504 e. The lowest BCUT2D eigenvalue weighted by Crippen LogP contribution is -2.14. The summed E-state index contributed by atoms with van der Waals surface area (Å²) in [4.78, 5) is 8.51. The molecule has 20 heavy (non-hydrogen) atoms. The molecule has 1 aliphatic rings. The first kappa shape index (κ1) is 13.7. The van der Waals surface area contributed by atoms with E-state index in [9.17, 15) is 0 Å². The third-order valence-corrected chi connectivity index (χ3v) is 4.69. The molecule has 0 radical (unpaired) electrons. The fourth-order valence-corrected chi connectivity index (χ4v) is 3.69. The SMILES string of the molecule is COC=C1CCC(n2cc(I)c3c(N)ncnc32)CC1. The van der Waals surface area contributed by atoms with Crippen molar-refractivity contribution in [3.63, 3.8) is 0 Å². The maximum absolute atomic E-state index is 5.97. The number of hydrogen-bond donors (Lipinski definition) is 1. The van der Waals surface area contributed by atoms with E-state index in [1.165, 1.54) is 5.57 Å². The van der Waals surface area contributed by atoms with E-state index in [4.69, 9.17) is 10.5 Å². The summed E-state index contributed by atoms with van der Waals surface area (Å²) in [5, 5.41) is 0.978. The molecular weight excluding hydrogens is 367 g/mol. The van der Waals surface area contributed by atoms with Crippen molar-refractivity contribution in [3.8, 4) is 0 Å². The van der Waals surface area contributed by atoms with E-state index in [0.29, 0.717) is 11.9 Å². The molecule has 0 aliphatic heterocycles. The molecule has 2 aromatic rings. The average Bonchev–Trinajstić information content (AvgIpc) is 2.79. The molecule has 0 saturated heterocycles. The number of nitrogens with zero attached hydrogens (tertiary/aromatic N) is 3. The standard InChI is InChI=1S/C14H17IN4O/c1-20-7-9-2-4-10(5-3-9)19-6-11(15)12-13(16)17-8-18-14(12)19/h6-8,10H,2-5H2,1H3,(H2,16,17,18). The van der Waals surface area contributed by atoms with Crippen molar-refractivity contribution in [2.45, 2.75) is 31.7 Å². The molecule has 0 unspecified atom stereocenters. The predicted octanol–water partition coefficient (Wildman–Crippen LogP) is 3.26. The highest BCUT2D eigenvalue weighted by atomic mass is 127. The van der Waals surface area contributed by atoms with E-state index in [-0.39, 0.29) is 0 Å². The maximum Gasteiger partial charge on any atom is 0.146 e. The molecule has 6 heteroatoms. The fourth-order valence-electron chi connectivity index (χ4n) is 2.88. The molecule has 0 atom stereocenters. The van der Waals surface area contributed by atoms with Crippen molar-refractivity contribution in [1.29, 1.82) is 0 Å². The van der Waals surface area contributed by atoms with Gasteiger partial charge >= 0.3 is 0 Å². The second-order valence-corrected chi connectivity index (χ2v) is 6.25. The lowest BCUT2D eigenvalue weighted by molar-refractivity contribution is 0.320. The van der Waals surface area contributed by atoms with Crippen molar-refractivity contribution in [2.75, 3.05) is 12.8 Å². The molecule has 5 nitrogen and oxygen atoms in total. The smallest absolute Gasteiger partial charge is 0.146 e. The van der Waals surface area contributed by atoms with Crippen LogP contribution in [-0.4, -0.2) is 21.6 Å². The van der Waals surface area contributed by atoms with Gasteiger partial charge in [0, 0.05) is 15.8 Å². The van der Waals surface area contributed by atoms with Gasteiger partial charge in [-0.2, -0.15) is 0 Å². The van der Waals surface area contributed by atoms with Crippen molar-refractivity contribution in [1.82, 2.24) is 14.5 Å². The first-order chi connectivity index (χ1) is 9.70. The maximum atomic E-state index is 5.97. The monoisotopic (exact) mass is 384 g/mol. The zero-order valence-electron chi connectivity index (χ0n) is 11.3. The molecule has 2 N–H and O–H groups in total. The zero-order chi connectivity index (χ0) is 14.1. The molecular formula is C14H17IN4O. The second-order valence-electron chi connectivity index (χ2n) is 5.08. The Balaban J connectivity index is 1.93. The minimum absolute atomic E-state index is 0.476. The van der Waals surface area contributed by atoms with Crippen molar-refractivity contribution >= 4 is 39.4 Å². The van der Waals surface area contributed by atoms with Crippen LogP contribution in [0.5, 0.6) is 0 Å². The van der Waals surface area contributed by atoms with Gasteiger partial charge in [-0.3, -0.25) is 0 Å². The van der Waals surface area contributed by atoms with Crippen LogP contribution in [0.2, 0.25) is 0 Å². The highest BCUT2D eigenvalue weighted by Gasteiger charge is 2.22. The Bertz CT molecular complexity index is 654. The largest absolute Gasteiger partial charge is 0.504 e. The molecule has 1 saturated carbocycles. The Labute approximate surface area is 131 Å². The van der Waals surface area contributed by atoms with Crippen molar-refractivity contribution in [3.05, 3.63) is 27.9 Å². The summed E-state index contributed by atoms with van der Waals surface area (Å²) in [6, 6.07) is 0.476. The van der Waals surface area contributed by atoms with Crippen LogP contribution in [0.1, 0.15) is 31.7 Å². The molecule has 1 aliphatic carbocycles. The second kappa shape index (κ2) is 5.59. The molecule has 0 spiro atoms. The van der Waals surface area contributed by atoms with Crippen molar-refractivity contribution < 1.29 is 4.74 Å². The molecule has 0 amide bonds. The number of ether oxygens (including phenoxy) is 1. The quantitative estimate of drug-likeness (QED) is 0.638. The van der Waals surface area contributed by atoms with Gasteiger partial charge in [-0.15, -0.1) is 0 Å². The first-order valence-electron chi connectivity index (χ1n) is 6.68. The average molecular weight is 384 g/mol. The first-order valence-corrected chi connectivity index (χ1v) is 7.75. The summed E-state index contributed by atoms with van der Waals surface area (Å²) in [5.41, 5.74) is 8.31. The van der Waals surface area contributed by atoms with Gasteiger partial charge in [0.1, 0.15) is 17.8 Å². The lowest BCUT2D eigenvalue weighted by atomic mass is 9.91. The highest BCUT2D eigenvalue weighted by Crippen LogP contribution is 2.36. The van der Waals surface area contributed by atoms with E-state index in [0.717, 1.165) is 40.3 Å². The molecule has 2 aromatic heterocycles. The van der Waals surface area contributed by atoms with Gasteiger partial charge in [0.25, 0.3) is 0 Å². The van der Waals surface area contributed by atoms with Gasteiger partial charge in [0.05, 0.1) is 18.8 Å². The molecule has 2 heterocycles. The van der Waals surface area contributed by atoms with E-state index >= 15 is 0 Å². The summed E-state index contributed by atoms with van der Waals surface area (Å²) in [7, 11) is 1.71. The number of allylic oxidation sites excluding steroid dienone is 1. The lowest BCUT2D eigenvalue weighted by Gasteiger charge is -2.25. The van der Waals surface area contributed by atoms with Crippen LogP contribution in [0.3, 0.4) is 0 Å². The molecule has 0 aromatic carbocycles. The van der Waals surface area contributed by atoms with E-state index in [1.807, 2.05) is 6.26 Å². The van der Waals surface area contributed by atoms with Gasteiger partial charge in [-0.1, -0.05) is 0 Å². The van der Waals surface area contributed by atoms with Gasteiger partial charge in [-0.25, -0.2) is 9.97 Å². The molecule has 106 valence electrons. The molecule has 3 rings (SSSR count). The van der Waals surface area contributed by atoms with Gasteiger partial charge in [-0.05, 0) is 53.8 Å². The van der Waals surface area contributed by atoms with E-state index < -0.39 is 0 Å². The van der Waals surface area contributed by atoms with Gasteiger partial charge in [0.2, 0.25) is 0 Å². The normalized spacial score (nSPS) is 19.3. The Morgan fingerprint density at radius 2 is 2.15 bits per heavy atom. The number of anilines is 1.